The smallest absolute Gasteiger partial charge is 0.00683 e. The zero-order valence-electron chi connectivity index (χ0n) is 10.0. The lowest BCUT2D eigenvalue weighted by molar-refractivity contribution is 0.315. The van der Waals surface area contributed by atoms with Gasteiger partial charge in [0.25, 0.3) is 0 Å². The molecule has 2 rings (SSSR count). The second-order valence-corrected chi connectivity index (χ2v) is 6.25. The zero-order valence-corrected chi connectivity index (χ0v) is 10.8. The molecule has 1 unspecified atom stereocenters. The molecule has 0 radical (unpaired) electrons. The summed E-state index contributed by atoms with van der Waals surface area (Å²) >= 11 is 2.01. The van der Waals surface area contributed by atoms with Crippen molar-refractivity contribution >= 4 is 11.8 Å². The number of hydrogen-bond donors (Lipinski definition) is 1. The van der Waals surface area contributed by atoms with Crippen molar-refractivity contribution in [3.63, 3.8) is 0 Å². The predicted molar refractivity (Wildman–Crippen MR) is 69.5 cm³/mol. The van der Waals surface area contributed by atoms with Crippen LogP contribution in [0.25, 0.3) is 0 Å². The molecule has 0 bridgehead atoms. The van der Waals surface area contributed by atoms with Gasteiger partial charge in [-0.2, -0.15) is 11.8 Å². The molecule has 1 N–H and O–H groups in total. The van der Waals surface area contributed by atoms with Crippen molar-refractivity contribution in [1.29, 1.82) is 0 Å². The predicted octanol–water partition coefficient (Wildman–Crippen LogP) is 3.30. The van der Waals surface area contributed by atoms with E-state index in [0.717, 1.165) is 17.9 Å². The monoisotopic (exact) mass is 227 g/mol. The molecular weight excluding hydrogens is 202 g/mol. The van der Waals surface area contributed by atoms with Crippen LogP contribution in [-0.4, -0.2) is 24.6 Å². The maximum absolute atomic E-state index is 3.73. The highest BCUT2D eigenvalue weighted by atomic mass is 32.2. The third kappa shape index (κ3) is 3.99. The molecule has 88 valence electrons. The molecule has 0 aromatic rings. The van der Waals surface area contributed by atoms with Crippen molar-refractivity contribution in [3.8, 4) is 0 Å². The lowest BCUT2D eigenvalue weighted by Gasteiger charge is -2.23. The van der Waals surface area contributed by atoms with Crippen LogP contribution in [0.5, 0.6) is 0 Å². The Labute approximate surface area is 98.8 Å². The SMILES string of the molecule is CSCCC(CNC1CC1)C1CCCC1. The van der Waals surface area contributed by atoms with E-state index in [1.54, 1.807) is 0 Å². The largest absolute Gasteiger partial charge is 0.314 e. The molecule has 0 saturated heterocycles. The number of nitrogens with one attached hydrogen (secondary N) is 1. The molecule has 1 atom stereocenters. The van der Waals surface area contributed by atoms with Crippen LogP contribution < -0.4 is 5.32 Å². The first-order valence-corrected chi connectivity index (χ1v) is 8.02. The second kappa shape index (κ2) is 6.15. The standard InChI is InChI=1S/C13H25NS/c1-15-9-8-12(10-14-13-6-7-13)11-4-2-3-5-11/h11-14H,2-10H2,1H3. The van der Waals surface area contributed by atoms with Gasteiger partial charge in [-0.15, -0.1) is 0 Å². The molecule has 0 amide bonds. The van der Waals surface area contributed by atoms with Crippen molar-refractivity contribution in [2.24, 2.45) is 11.8 Å². The zero-order chi connectivity index (χ0) is 10.5. The Hall–Kier alpha value is 0.310. The van der Waals surface area contributed by atoms with Crippen LogP contribution in [0.3, 0.4) is 0 Å². The minimum Gasteiger partial charge on any atom is -0.314 e. The highest BCUT2D eigenvalue weighted by molar-refractivity contribution is 7.98. The van der Waals surface area contributed by atoms with Gasteiger partial charge in [0.15, 0.2) is 0 Å². The van der Waals surface area contributed by atoms with Crippen LogP contribution >= 0.6 is 11.8 Å². The molecule has 2 aliphatic rings. The van der Waals surface area contributed by atoms with Gasteiger partial charge in [-0.1, -0.05) is 25.7 Å². The molecular formula is C13H25NS. The molecule has 2 saturated carbocycles. The van der Waals surface area contributed by atoms with Gasteiger partial charge in [-0.3, -0.25) is 0 Å². The lowest BCUT2D eigenvalue weighted by Crippen LogP contribution is -2.29. The fourth-order valence-corrected chi connectivity index (χ4v) is 3.35. The highest BCUT2D eigenvalue weighted by Gasteiger charge is 2.27. The third-order valence-electron chi connectivity index (χ3n) is 4.01. The van der Waals surface area contributed by atoms with Crippen LogP contribution in [-0.2, 0) is 0 Å². The quantitative estimate of drug-likeness (QED) is 0.716. The normalized spacial score (nSPS) is 24.6. The van der Waals surface area contributed by atoms with Gasteiger partial charge in [0, 0.05) is 6.04 Å². The van der Waals surface area contributed by atoms with E-state index in [9.17, 15) is 0 Å². The van der Waals surface area contributed by atoms with E-state index >= 15 is 0 Å². The summed E-state index contributed by atoms with van der Waals surface area (Å²) in [7, 11) is 0. The average Bonchev–Trinajstić information content (AvgIpc) is 2.92. The third-order valence-corrected chi connectivity index (χ3v) is 4.65. The molecule has 15 heavy (non-hydrogen) atoms. The minimum absolute atomic E-state index is 0.892. The first-order chi connectivity index (χ1) is 7.40. The first kappa shape index (κ1) is 11.8. The maximum Gasteiger partial charge on any atom is 0.00683 e. The van der Waals surface area contributed by atoms with Gasteiger partial charge in [0.2, 0.25) is 0 Å². The molecule has 0 spiro atoms. The number of rotatable bonds is 7. The number of hydrogen-bond acceptors (Lipinski definition) is 2. The van der Waals surface area contributed by atoms with Gasteiger partial charge in [-0.05, 0) is 49.7 Å². The van der Waals surface area contributed by atoms with Crippen LogP contribution in [0.2, 0.25) is 0 Å². The van der Waals surface area contributed by atoms with Crippen LogP contribution in [0.4, 0.5) is 0 Å². The summed E-state index contributed by atoms with van der Waals surface area (Å²) in [4.78, 5) is 0. The summed E-state index contributed by atoms with van der Waals surface area (Å²) < 4.78 is 0. The van der Waals surface area contributed by atoms with Crippen molar-refractivity contribution < 1.29 is 0 Å². The van der Waals surface area contributed by atoms with Crippen LogP contribution in [0.15, 0.2) is 0 Å². The summed E-state index contributed by atoms with van der Waals surface area (Å²) in [6.45, 7) is 1.30. The summed E-state index contributed by atoms with van der Waals surface area (Å²) in [5.74, 6) is 3.37. The lowest BCUT2D eigenvalue weighted by atomic mass is 9.88. The van der Waals surface area contributed by atoms with Crippen LogP contribution in [0, 0.1) is 11.8 Å². The van der Waals surface area contributed by atoms with Crippen molar-refractivity contribution in [2.75, 3.05) is 18.6 Å². The Balaban J connectivity index is 1.71. The van der Waals surface area contributed by atoms with E-state index in [2.05, 4.69) is 11.6 Å². The Bertz CT molecular complexity index is 173. The van der Waals surface area contributed by atoms with Gasteiger partial charge in [0.05, 0.1) is 0 Å². The molecule has 2 aliphatic carbocycles. The fourth-order valence-electron chi connectivity index (χ4n) is 2.81. The summed E-state index contributed by atoms with van der Waals surface area (Å²) in [6, 6.07) is 0.892. The molecule has 2 heteroatoms. The minimum atomic E-state index is 0.892. The second-order valence-electron chi connectivity index (χ2n) is 5.27. The van der Waals surface area contributed by atoms with Crippen LogP contribution in [0.1, 0.15) is 44.9 Å². The summed E-state index contributed by atoms with van der Waals surface area (Å²) in [5.41, 5.74) is 0. The number of thioether (sulfide) groups is 1. The highest BCUT2D eigenvalue weighted by Crippen LogP contribution is 2.33. The molecule has 2 fully saturated rings. The van der Waals surface area contributed by atoms with Gasteiger partial charge in [0.1, 0.15) is 0 Å². The van der Waals surface area contributed by atoms with E-state index in [4.69, 9.17) is 0 Å². The topological polar surface area (TPSA) is 12.0 Å². The Morgan fingerprint density at radius 2 is 1.93 bits per heavy atom. The molecule has 0 heterocycles. The maximum atomic E-state index is 3.73. The first-order valence-electron chi connectivity index (χ1n) is 6.62. The Morgan fingerprint density at radius 3 is 2.53 bits per heavy atom. The van der Waals surface area contributed by atoms with Crippen molar-refractivity contribution in [1.82, 2.24) is 5.32 Å². The van der Waals surface area contributed by atoms with E-state index in [1.165, 1.54) is 57.2 Å². The van der Waals surface area contributed by atoms with E-state index < -0.39 is 0 Å². The fraction of sp³-hybridized carbons (Fsp3) is 1.00. The molecule has 0 aromatic carbocycles. The Morgan fingerprint density at radius 1 is 1.20 bits per heavy atom. The van der Waals surface area contributed by atoms with E-state index in [0.29, 0.717) is 0 Å². The van der Waals surface area contributed by atoms with Gasteiger partial charge < -0.3 is 5.32 Å². The van der Waals surface area contributed by atoms with E-state index in [-0.39, 0.29) is 0 Å². The molecule has 0 aromatic heterocycles. The van der Waals surface area contributed by atoms with E-state index in [1.807, 2.05) is 11.8 Å². The average molecular weight is 227 g/mol. The Kier molecular flexibility index (Phi) is 4.83. The van der Waals surface area contributed by atoms with Crippen molar-refractivity contribution in [3.05, 3.63) is 0 Å². The molecule has 1 nitrogen and oxygen atoms in total. The van der Waals surface area contributed by atoms with Gasteiger partial charge in [-0.25, -0.2) is 0 Å². The molecule has 0 aliphatic heterocycles. The summed E-state index contributed by atoms with van der Waals surface area (Å²) in [6.07, 6.45) is 12.5. The van der Waals surface area contributed by atoms with Crippen molar-refractivity contribution in [2.45, 2.75) is 51.0 Å². The van der Waals surface area contributed by atoms with Gasteiger partial charge >= 0.3 is 0 Å². The summed E-state index contributed by atoms with van der Waals surface area (Å²) in [5, 5.41) is 3.73.